The van der Waals surface area contributed by atoms with Crippen LogP contribution in [0, 0.1) is 0 Å². The Morgan fingerprint density at radius 2 is 2.18 bits per heavy atom. The first-order chi connectivity index (χ1) is 8.13. The molecule has 0 aliphatic heterocycles. The molecule has 0 aliphatic rings. The van der Waals surface area contributed by atoms with Crippen LogP contribution in [0.3, 0.4) is 0 Å². The molecule has 1 aromatic rings. The van der Waals surface area contributed by atoms with Crippen molar-refractivity contribution in [1.82, 2.24) is 0 Å². The van der Waals surface area contributed by atoms with Crippen LogP contribution in [-0.4, -0.2) is 31.2 Å². The topological polar surface area (TPSA) is 84.9 Å². The van der Waals surface area contributed by atoms with Crippen molar-refractivity contribution in [2.24, 2.45) is 0 Å². The highest BCUT2D eigenvalue weighted by molar-refractivity contribution is 5.97. The van der Waals surface area contributed by atoms with Gasteiger partial charge >= 0.3 is 5.97 Å². The molecular weight excluding hydrogens is 226 g/mol. The average molecular weight is 239 g/mol. The van der Waals surface area contributed by atoms with Gasteiger partial charge in [-0.2, -0.15) is 0 Å². The maximum atomic E-state index is 11.0. The fraction of sp³-hybridized carbons (Fsp3) is 0.273. The van der Waals surface area contributed by atoms with Gasteiger partial charge in [0, 0.05) is 12.1 Å². The number of hydrogen-bond acceptors (Lipinski definition) is 4. The number of ether oxygens (including phenoxy) is 2. The lowest BCUT2D eigenvalue weighted by atomic mass is 10.1. The van der Waals surface area contributed by atoms with Crippen molar-refractivity contribution in [2.45, 2.75) is 6.92 Å². The SMILES string of the molecule is CCOc1cc(C(=O)O)c(NC=O)cc1OC. The molecule has 0 atom stereocenters. The molecule has 2 N–H and O–H groups in total. The van der Waals surface area contributed by atoms with Crippen LogP contribution < -0.4 is 14.8 Å². The number of aromatic carboxylic acids is 1. The Bertz CT molecular complexity index is 430. The second-order valence-electron chi connectivity index (χ2n) is 3.05. The fourth-order valence-electron chi connectivity index (χ4n) is 1.35. The minimum Gasteiger partial charge on any atom is -0.493 e. The standard InChI is InChI=1S/C11H13NO5/c1-3-17-10-4-7(11(14)15)8(12-6-13)5-9(10)16-2/h4-6H,3H2,1-2H3,(H,12,13)(H,14,15). The third-order valence-corrected chi connectivity index (χ3v) is 2.05. The van der Waals surface area contributed by atoms with Crippen molar-refractivity contribution in [3.8, 4) is 11.5 Å². The Morgan fingerprint density at radius 1 is 1.47 bits per heavy atom. The summed E-state index contributed by atoms with van der Waals surface area (Å²) in [5, 5.41) is 11.3. The summed E-state index contributed by atoms with van der Waals surface area (Å²) in [5.41, 5.74) is 0.106. The van der Waals surface area contributed by atoms with Crippen LogP contribution in [0.4, 0.5) is 5.69 Å². The van der Waals surface area contributed by atoms with Gasteiger partial charge in [-0.1, -0.05) is 0 Å². The first kappa shape index (κ1) is 12.8. The van der Waals surface area contributed by atoms with E-state index in [4.69, 9.17) is 14.6 Å². The number of carboxylic acid groups (broad SMARTS) is 1. The molecule has 0 saturated carbocycles. The molecule has 17 heavy (non-hydrogen) atoms. The second kappa shape index (κ2) is 5.74. The number of anilines is 1. The molecule has 0 aliphatic carbocycles. The smallest absolute Gasteiger partial charge is 0.337 e. The van der Waals surface area contributed by atoms with E-state index in [1.807, 2.05) is 0 Å². The summed E-state index contributed by atoms with van der Waals surface area (Å²) in [7, 11) is 1.43. The summed E-state index contributed by atoms with van der Waals surface area (Å²) in [6.07, 6.45) is 0.404. The van der Waals surface area contributed by atoms with Gasteiger partial charge in [-0.05, 0) is 6.92 Å². The van der Waals surface area contributed by atoms with E-state index in [1.54, 1.807) is 6.92 Å². The van der Waals surface area contributed by atoms with E-state index >= 15 is 0 Å². The van der Waals surface area contributed by atoms with Crippen LogP contribution in [-0.2, 0) is 4.79 Å². The molecule has 6 heteroatoms. The molecule has 1 amide bonds. The number of carboxylic acids is 1. The lowest BCUT2D eigenvalue weighted by Gasteiger charge is -2.13. The Kier molecular flexibility index (Phi) is 4.33. The Balaban J connectivity index is 3.30. The number of benzene rings is 1. The van der Waals surface area contributed by atoms with E-state index in [0.717, 1.165) is 0 Å². The van der Waals surface area contributed by atoms with Gasteiger partial charge in [-0.15, -0.1) is 0 Å². The summed E-state index contributed by atoms with van der Waals surface area (Å²) in [4.78, 5) is 21.4. The number of nitrogens with one attached hydrogen (secondary N) is 1. The molecule has 0 fully saturated rings. The van der Waals surface area contributed by atoms with E-state index in [2.05, 4.69) is 5.32 Å². The van der Waals surface area contributed by atoms with E-state index in [0.29, 0.717) is 24.5 Å². The molecule has 1 rings (SSSR count). The van der Waals surface area contributed by atoms with Gasteiger partial charge in [0.2, 0.25) is 6.41 Å². The number of amides is 1. The third kappa shape index (κ3) is 2.87. The number of methoxy groups -OCH3 is 1. The highest BCUT2D eigenvalue weighted by Crippen LogP contribution is 2.33. The molecule has 0 radical (unpaired) electrons. The zero-order valence-corrected chi connectivity index (χ0v) is 9.52. The van der Waals surface area contributed by atoms with E-state index in [1.165, 1.54) is 19.2 Å². The molecule has 0 bridgehead atoms. The highest BCUT2D eigenvalue weighted by atomic mass is 16.5. The number of hydrogen-bond donors (Lipinski definition) is 2. The van der Waals surface area contributed by atoms with Crippen molar-refractivity contribution < 1.29 is 24.2 Å². The van der Waals surface area contributed by atoms with Gasteiger partial charge in [-0.25, -0.2) is 4.79 Å². The number of carbonyl (C=O) groups is 2. The number of carbonyl (C=O) groups excluding carboxylic acids is 1. The van der Waals surface area contributed by atoms with Crippen LogP contribution in [0.15, 0.2) is 12.1 Å². The van der Waals surface area contributed by atoms with Crippen molar-refractivity contribution in [3.05, 3.63) is 17.7 Å². The van der Waals surface area contributed by atoms with Gasteiger partial charge in [0.1, 0.15) is 0 Å². The molecule has 0 heterocycles. The van der Waals surface area contributed by atoms with Gasteiger partial charge in [0.25, 0.3) is 0 Å². The van der Waals surface area contributed by atoms with Crippen LogP contribution in [0.25, 0.3) is 0 Å². The predicted molar refractivity (Wildman–Crippen MR) is 60.8 cm³/mol. The Morgan fingerprint density at radius 3 is 2.65 bits per heavy atom. The predicted octanol–water partition coefficient (Wildman–Crippen LogP) is 1.36. The Labute approximate surface area is 98.2 Å². The summed E-state index contributed by atoms with van der Waals surface area (Å²) in [6.45, 7) is 2.16. The molecular formula is C11H13NO5. The first-order valence-electron chi connectivity index (χ1n) is 4.92. The van der Waals surface area contributed by atoms with Crippen molar-refractivity contribution in [3.63, 3.8) is 0 Å². The zero-order valence-electron chi connectivity index (χ0n) is 9.52. The van der Waals surface area contributed by atoms with Crippen molar-refractivity contribution in [1.29, 1.82) is 0 Å². The minimum atomic E-state index is -1.15. The van der Waals surface area contributed by atoms with Crippen molar-refractivity contribution >= 4 is 18.1 Å². The molecule has 0 aromatic heterocycles. The molecule has 0 saturated heterocycles. The van der Waals surface area contributed by atoms with Crippen LogP contribution in [0.1, 0.15) is 17.3 Å². The molecule has 0 spiro atoms. The van der Waals surface area contributed by atoms with E-state index in [-0.39, 0.29) is 11.3 Å². The molecule has 0 unspecified atom stereocenters. The lowest BCUT2D eigenvalue weighted by Crippen LogP contribution is -2.06. The monoisotopic (exact) mass is 239 g/mol. The largest absolute Gasteiger partial charge is 0.493 e. The number of rotatable bonds is 6. The molecule has 92 valence electrons. The summed E-state index contributed by atoms with van der Waals surface area (Å²) < 4.78 is 10.3. The Hall–Kier alpha value is -2.24. The molecule has 1 aromatic carbocycles. The van der Waals surface area contributed by atoms with Crippen LogP contribution in [0.2, 0.25) is 0 Å². The van der Waals surface area contributed by atoms with Crippen LogP contribution in [0.5, 0.6) is 11.5 Å². The second-order valence-corrected chi connectivity index (χ2v) is 3.05. The van der Waals surface area contributed by atoms with E-state index in [9.17, 15) is 9.59 Å². The fourth-order valence-corrected chi connectivity index (χ4v) is 1.35. The average Bonchev–Trinajstić information content (AvgIpc) is 2.30. The van der Waals surface area contributed by atoms with Gasteiger partial charge in [0.05, 0.1) is 25.0 Å². The third-order valence-electron chi connectivity index (χ3n) is 2.05. The van der Waals surface area contributed by atoms with Gasteiger partial charge in [0.15, 0.2) is 11.5 Å². The molecule has 6 nitrogen and oxygen atoms in total. The maximum Gasteiger partial charge on any atom is 0.337 e. The highest BCUT2D eigenvalue weighted by Gasteiger charge is 2.16. The van der Waals surface area contributed by atoms with Crippen LogP contribution >= 0.6 is 0 Å². The van der Waals surface area contributed by atoms with Crippen molar-refractivity contribution in [2.75, 3.05) is 19.0 Å². The quantitative estimate of drug-likeness (QED) is 0.732. The maximum absolute atomic E-state index is 11.0. The minimum absolute atomic E-state index is 0.0543. The summed E-state index contributed by atoms with van der Waals surface area (Å²) in [6, 6.07) is 2.72. The van der Waals surface area contributed by atoms with Gasteiger partial charge < -0.3 is 19.9 Å². The summed E-state index contributed by atoms with van der Waals surface area (Å²) in [5.74, 6) is -0.469. The normalized spacial score (nSPS) is 9.53. The van der Waals surface area contributed by atoms with Gasteiger partial charge in [-0.3, -0.25) is 4.79 Å². The zero-order chi connectivity index (χ0) is 12.8. The van der Waals surface area contributed by atoms with E-state index < -0.39 is 5.97 Å². The lowest BCUT2D eigenvalue weighted by molar-refractivity contribution is -0.105. The first-order valence-corrected chi connectivity index (χ1v) is 4.92. The summed E-state index contributed by atoms with van der Waals surface area (Å²) >= 11 is 0.